The van der Waals surface area contributed by atoms with Crippen molar-refractivity contribution in [1.82, 2.24) is 10.3 Å². The summed E-state index contributed by atoms with van der Waals surface area (Å²) in [6.07, 6.45) is 3.86. The number of rotatable bonds is 6. The molecule has 10 heteroatoms. The zero-order valence-electron chi connectivity index (χ0n) is 20.0. The van der Waals surface area contributed by atoms with E-state index in [0.29, 0.717) is 5.69 Å². The fraction of sp³-hybridized carbons (Fsp3) is 0.222. The van der Waals surface area contributed by atoms with E-state index < -0.39 is 10.8 Å². The Balaban J connectivity index is 1.20. The quantitative estimate of drug-likeness (QED) is 0.181. The molecule has 0 saturated carbocycles. The lowest BCUT2D eigenvalue weighted by Crippen LogP contribution is -2.34. The number of thiazole rings is 1. The van der Waals surface area contributed by atoms with E-state index in [4.69, 9.17) is 12.2 Å². The van der Waals surface area contributed by atoms with E-state index in [1.54, 1.807) is 23.5 Å². The molecular formula is C27H25N5O3S2. The standard InChI is InChI=1S/C27H25N5O3S2/c33-26(19-10-13-22(23(17-19)32(34)35)31-14-4-1-5-15-31)30-27(36)28-20-11-8-18(9-12-20)16-25-29-21-6-2-3-7-24(21)37-25/h2-3,6-13,17H,1,4-5,14-16H2,(H2,28,30,33,36). The molecule has 37 heavy (non-hydrogen) atoms. The molecule has 0 radical (unpaired) electrons. The number of hydrogen-bond donors (Lipinski definition) is 2. The smallest absolute Gasteiger partial charge is 0.293 e. The lowest BCUT2D eigenvalue weighted by atomic mass is 10.1. The van der Waals surface area contributed by atoms with Crippen LogP contribution in [0.2, 0.25) is 0 Å². The highest BCUT2D eigenvalue weighted by atomic mass is 32.1. The van der Waals surface area contributed by atoms with Gasteiger partial charge in [-0.2, -0.15) is 0 Å². The molecule has 5 rings (SSSR count). The largest absolute Gasteiger partial charge is 0.366 e. The third-order valence-electron chi connectivity index (χ3n) is 6.26. The summed E-state index contributed by atoms with van der Waals surface area (Å²) in [5.74, 6) is -0.502. The van der Waals surface area contributed by atoms with Crippen molar-refractivity contribution in [2.24, 2.45) is 0 Å². The maximum Gasteiger partial charge on any atom is 0.293 e. The van der Waals surface area contributed by atoms with Gasteiger partial charge in [-0.1, -0.05) is 24.3 Å². The van der Waals surface area contributed by atoms with Gasteiger partial charge in [0.05, 0.1) is 20.1 Å². The van der Waals surface area contributed by atoms with Crippen LogP contribution in [0.4, 0.5) is 17.1 Å². The van der Waals surface area contributed by atoms with E-state index in [0.717, 1.165) is 60.5 Å². The van der Waals surface area contributed by atoms with Gasteiger partial charge in [-0.25, -0.2) is 4.98 Å². The lowest BCUT2D eigenvalue weighted by Gasteiger charge is -2.28. The molecule has 0 aliphatic carbocycles. The molecule has 1 saturated heterocycles. The minimum Gasteiger partial charge on any atom is -0.366 e. The number of carbonyl (C=O) groups is 1. The first-order valence-corrected chi connectivity index (χ1v) is 13.3. The van der Waals surface area contributed by atoms with E-state index in [2.05, 4.69) is 21.7 Å². The van der Waals surface area contributed by atoms with Crippen LogP contribution in [0, 0.1) is 10.1 Å². The Labute approximate surface area is 223 Å². The van der Waals surface area contributed by atoms with Crippen LogP contribution < -0.4 is 15.5 Å². The molecule has 0 spiro atoms. The fourth-order valence-corrected chi connectivity index (χ4v) is 5.64. The molecule has 1 aliphatic heterocycles. The summed E-state index contributed by atoms with van der Waals surface area (Å²) >= 11 is 6.99. The molecule has 1 amide bonds. The molecule has 0 atom stereocenters. The third kappa shape index (κ3) is 5.92. The van der Waals surface area contributed by atoms with Gasteiger partial charge in [0.1, 0.15) is 5.69 Å². The number of piperidine rings is 1. The normalized spacial score (nSPS) is 13.4. The van der Waals surface area contributed by atoms with Gasteiger partial charge < -0.3 is 10.2 Å². The van der Waals surface area contributed by atoms with Crippen LogP contribution in [-0.4, -0.2) is 34.0 Å². The first-order chi connectivity index (χ1) is 18.0. The molecule has 188 valence electrons. The second kappa shape index (κ2) is 11.0. The van der Waals surface area contributed by atoms with Gasteiger partial charge in [-0.05, 0) is 73.4 Å². The van der Waals surface area contributed by atoms with Crippen molar-refractivity contribution in [2.75, 3.05) is 23.3 Å². The number of nitrogens with zero attached hydrogens (tertiary/aromatic N) is 3. The van der Waals surface area contributed by atoms with Gasteiger partial charge in [0.15, 0.2) is 5.11 Å². The minimum atomic E-state index is -0.502. The lowest BCUT2D eigenvalue weighted by molar-refractivity contribution is -0.384. The maximum absolute atomic E-state index is 12.8. The molecule has 4 aromatic rings. The van der Waals surface area contributed by atoms with Gasteiger partial charge in [-0.3, -0.25) is 20.2 Å². The number of benzene rings is 3. The van der Waals surface area contributed by atoms with Crippen molar-refractivity contribution in [3.05, 3.63) is 93.0 Å². The fourth-order valence-electron chi connectivity index (χ4n) is 4.43. The highest BCUT2D eigenvalue weighted by Gasteiger charge is 2.23. The Morgan fingerprint density at radius 2 is 1.81 bits per heavy atom. The molecule has 3 aromatic carbocycles. The highest BCUT2D eigenvalue weighted by Crippen LogP contribution is 2.31. The van der Waals surface area contributed by atoms with Gasteiger partial charge in [0.2, 0.25) is 0 Å². The van der Waals surface area contributed by atoms with Crippen LogP contribution in [-0.2, 0) is 6.42 Å². The van der Waals surface area contributed by atoms with E-state index in [-0.39, 0.29) is 16.4 Å². The summed E-state index contributed by atoms with van der Waals surface area (Å²) in [5.41, 5.74) is 3.51. The van der Waals surface area contributed by atoms with E-state index in [1.807, 2.05) is 47.4 Å². The summed E-state index contributed by atoms with van der Waals surface area (Å²) < 4.78 is 1.17. The zero-order valence-corrected chi connectivity index (χ0v) is 21.6. The molecule has 2 heterocycles. The van der Waals surface area contributed by atoms with E-state index in [9.17, 15) is 14.9 Å². The first-order valence-electron chi connectivity index (χ1n) is 12.1. The zero-order chi connectivity index (χ0) is 25.8. The molecule has 0 bridgehead atoms. The predicted molar refractivity (Wildman–Crippen MR) is 152 cm³/mol. The van der Waals surface area contributed by atoms with Crippen molar-refractivity contribution in [3.63, 3.8) is 0 Å². The molecule has 8 nitrogen and oxygen atoms in total. The Morgan fingerprint density at radius 1 is 1.05 bits per heavy atom. The summed E-state index contributed by atoms with van der Waals surface area (Å²) in [4.78, 5) is 30.7. The highest BCUT2D eigenvalue weighted by molar-refractivity contribution is 7.80. The average molecular weight is 532 g/mol. The number of anilines is 2. The molecule has 0 unspecified atom stereocenters. The number of amides is 1. The minimum absolute atomic E-state index is 0.0721. The third-order valence-corrected chi connectivity index (χ3v) is 7.50. The van der Waals surface area contributed by atoms with Gasteiger partial charge >= 0.3 is 0 Å². The number of hydrogen-bond acceptors (Lipinski definition) is 7. The Hall–Kier alpha value is -3.89. The average Bonchev–Trinajstić information content (AvgIpc) is 3.32. The summed E-state index contributed by atoms with van der Waals surface area (Å²) in [6, 6.07) is 20.4. The predicted octanol–water partition coefficient (Wildman–Crippen LogP) is 5.91. The van der Waals surface area contributed by atoms with E-state index >= 15 is 0 Å². The number of nitro groups is 1. The van der Waals surface area contributed by atoms with Crippen LogP contribution >= 0.6 is 23.6 Å². The summed E-state index contributed by atoms with van der Waals surface area (Å²) in [7, 11) is 0. The molecule has 1 aliphatic rings. The van der Waals surface area contributed by atoms with E-state index in [1.165, 1.54) is 10.8 Å². The van der Waals surface area contributed by atoms with Crippen molar-refractivity contribution in [1.29, 1.82) is 0 Å². The number of nitrogens with one attached hydrogen (secondary N) is 2. The van der Waals surface area contributed by atoms with Crippen LogP contribution in [0.25, 0.3) is 10.2 Å². The summed E-state index contributed by atoms with van der Waals surface area (Å²) in [6.45, 7) is 1.56. The topological polar surface area (TPSA) is 100 Å². The summed E-state index contributed by atoms with van der Waals surface area (Å²) in [5, 5.41) is 18.5. The van der Waals surface area contributed by atoms with Crippen molar-refractivity contribution >= 4 is 61.9 Å². The van der Waals surface area contributed by atoms with Gasteiger partial charge in [0, 0.05) is 36.8 Å². The first kappa shape index (κ1) is 24.8. The number of aromatic nitrogens is 1. The molecule has 1 fully saturated rings. The van der Waals surface area contributed by atoms with Crippen LogP contribution in [0.15, 0.2) is 66.7 Å². The molecule has 1 aromatic heterocycles. The number of fused-ring (bicyclic) bond motifs is 1. The number of nitro benzene ring substituents is 1. The Bertz CT molecular complexity index is 1430. The van der Waals surface area contributed by atoms with Crippen LogP contribution in [0.1, 0.15) is 40.2 Å². The maximum atomic E-state index is 12.8. The monoisotopic (exact) mass is 531 g/mol. The van der Waals surface area contributed by atoms with Crippen molar-refractivity contribution in [2.45, 2.75) is 25.7 Å². The molecule has 2 N–H and O–H groups in total. The Kier molecular flexibility index (Phi) is 7.38. The molecular weight excluding hydrogens is 506 g/mol. The number of carbonyl (C=O) groups excluding carboxylic acids is 1. The van der Waals surface area contributed by atoms with Gasteiger partial charge in [-0.15, -0.1) is 11.3 Å². The SMILES string of the molecule is O=C(NC(=S)Nc1ccc(Cc2nc3ccccc3s2)cc1)c1ccc(N2CCCCC2)c([N+](=O)[O-])c1. The van der Waals surface area contributed by atoms with Crippen molar-refractivity contribution in [3.8, 4) is 0 Å². The second-order valence-electron chi connectivity index (χ2n) is 8.87. The number of thiocarbonyl (C=S) groups is 1. The second-order valence-corrected chi connectivity index (χ2v) is 10.4. The number of para-hydroxylation sites is 1. The van der Waals surface area contributed by atoms with Crippen LogP contribution in [0.3, 0.4) is 0 Å². The van der Waals surface area contributed by atoms with Crippen molar-refractivity contribution < 1.29 is 9.72 Å². The van der Waals surface area contributed by atoms with Gasteiger partial charge in [0.25, 0.3) is 11.6 Å². The Morgan fingerprint density at radius 3 is 2.54 bits per heavy atom. The van der Waals surface area contributed by atoms with Crippen LogP contribution in [0.5, 0.6) is 0 Å².